The molecule has 170 valence electrons. The summed E-state index contributed by atoms with van der Waals surface area (Å²) in [7, 11) is 0. The number of carbonyl (C=O) groups is 3. The highest BCUT2D eigenvalue weighted by molar-refractivity contribution is 6.21. The molecule has 1 aliphatic heterocycles. The Morgan fingerprint density at radius 1 is 0.970 bits per heavy atom. The van der Waals surface area contributed by atoms with E-state index in [9.17, 15) is 14.4 Å². The third-order valence-corrected chi connectivity index (χ3v) is 5.88. The number of amides is 3. The van der Waals surface area contributed by atoms with Crippen molar-refractivity contribution in [2.24, 2.45) is 0 Å². The van der Waals surface area contributed by atoms with Crippen LogP contribution >= 0.6 is 0 Å². The SMILES string of the molecule is Cc1ccc2c(c1)C(=O)N(CCCC(=O)NCCCc1cn(-c3ccccc3)nc1C)C2=O. The molecule has 2 aromatic carbocycles. The van der Waals surface area contributed by atoms with Gasteiger partial charge < -0.3 is 5.32 Å². The van der Waals surface area contributed by atoms with Crippen molar-refractivity contribution in [2.75, 3.05) is 13.1 Å². The maximum atomic E-state index is 12.5. The van der Waals surface area contributed by atoms with Crippen molar-refractivity contribution in [3.8, 4) is 5.69 Å². The van der Waals surface area contributed by atoms with Gasteiger partial charge in [0.15, 0.2) is 0 Å². The fraction of sp³-hybridized carbons (Fsp3) is 0.308. The Kier molecular flexibility index (Phi) is 6.68. The summed E-state index contributed by atoms with van der Waals surface area (Å²) in [6, 6.07) is 15.2. The standard InChI is InChI=1S/C26H28N4O3/c1-18-12-13-22-23(16-18)26(33)29(25(22)32)15-7-11-24(31)27-14-6-8-20-17-30(28-19(20)2)21-9-4-3-5-10-21/h3-5,9-10,12-13,16-17H,6-8,11,14-15H2,1-2H3,(H,27,31). The lowest BCUT2D eigenvalue weighted by molar-refractivity contribution is -0.121. The van der Waals surface area contributed by atoms with Gasteiger partial charge in [-0.3, -0.25) is 19.3 Å². The Balaban J connectivity index is 1.18. The van der Waals surface area contributed by atoms with E-state index >= 15 is 0 Å². The summed E-state index contributed by atoms with van der Waals surface area (Å²) in [6.07, 6.45) is 4.39. The van der Waals surface area contributed by atoms with E-state index in [1.165, 1.54) is 4.90 Å². The van der Waals surface area contributed by atoms with Crippen LogP contribution in [0.25, 0.3) is 5.69 Å². The van der Waals surface area contributed by atoms with Crippen LogP contribution in [0, 0.1) is 13.8 Å². The van der Waals surface area contributed by atoms with E-state index < -0.39 is 0 Å². The van der Waals surface area contributed by atoms with Gasteiger partial charge in [-0.15, -0.1) is 0 Å². The summed E-state index contributed by atoms with van der Waals surface area (Å²) >= 11 is 0. The topological polar surface area (TPSA) is 84.3 Å². The number of nitrogens with zero attached hydrogens (tertiary/aromatic N) is 3. The fourth-order valence-electron chi connectivity index (χ4n) is 4.05. The van der Waals surface area contributed by atoms with Gasteiger partial charge in [0.05, 0.1) is 22.5 Å². The van der Waals surface area contributed by atoms with E-state index in [1.807, 2.05) is 61.1 Å². The molecule has 1 aliphatic rings. The Morgan fingerprint density at radius 3 is 2.52 bits per heavy atom. The molecule has 0 bridgehead atoms. The smallest absolute Gasteiger partial charge is 0.261 e. The van der Waals surface area contributed by atoms with Gasteiger partial charge in [0.25, 0.3) is 11.8 Å². The summed E-state index contributed by atoms with van der Waals surface area (Å²) in [6.45, 7) is 4.70. The van der Waals surface area contributed by atoms with E-state index in [2.05, 4.69) is 10.4 Å². The molecule has 0 saturated heterocycles. The van der Waals surface area contributed by atoms with Crippen LogP contribution in [0.1, 0.15) is 56.8 Å². The molecule has 0 unspecified atom stereocenters. The molecule has 4 rings (SSSR count). The average Bonchev–Trinajstić information content (AvgIpc) is 3.29. The Hall–Kier alpha value is -3.74. The first-order valence-electron chi connectivity index (χ1n) is 11.3. The normalized spacial score (nSPS) is 12.8. The Labute approximate surface area is 193 Å². The second-order valence-electron chi connectivity index (χ2n) is 8.39. The predicted octanol–water partition coefficient (Wildman–Crippen LogP) is 3.61. The lowest BCUT2D eigenvalue weighted by Gasteiger charge is -2.13. The van der Waals surface area contributed by atoms with Gasteiger partial charge in [-0.2, -0.15) is 5.10 Å². The number of nitrogens with one attached hydrogen (secondary N) is 1. The van der Waals surface area contributed by atoms with Gasteiger partial charge in [0.1, 0.15) is 0 Å². The highest BCUT2D eigenvalue weighted by Gasteiger charge is 2.34. The molecule has 0 fully saturated rings. The van der Waals surface area contributed by atoms with Gasteiger partial charge in [-0.05, 0) is 62.9 Å². The number of aromatic nitrogens is 2. The molecule has 7 heteroatoms. The zero-order chi connectivity index (χ0) is 23.4. The Bertz CT molecular complexity index is 1180. The number of benzene rings is 2. The summed E-state index contributed by atoms with van der Waals surface area (Å²) in [5.74, 6) is -0.619. The van der Waals surface area contributed by atoms with E-state index in [-0.39, 0.29) is 30.7 Å². The third-order valence-electron chi connectivity index (χ3n) is 5.88. The lowest BCUT2D eigenvalue weighted by atomic mass is 10.1. The van der Waals surface area contributed by atoms with Crippen molar-refractivity contribution in [3.63, 3.8) is 0 Å². The second kappa shape index (κ2) is 9.81. The van der Waals surface area contributed by atoms with Crippen LogP contribution in [0.2, 0.25) is 0 Å². The molecule has 33 heavy (non-hydrogen) atoms. The molecule has 1 aromatic heterocycles. The highest BCUT2D eigenvalue weighted by Crippen LogP contribution is 2.24. The van der Waals surface area contributed by atoms with E-state index in [0.717, 1.165) is 35.3 Å². The molecule has 0 spiro atoms. The van der Waals surface area contributed by atoms with Crippen LogP contribution in [-0.4, -0.2) is 45.5 Å². The molecule has 0 saturated carbocycles. The molecular weight excluding hydrogens is 416 g/mol. The van der Waals surface area contributed by atoms with E-state index in [4.69, 9.17) is 0 Å². The summed E-state index contributed by atoms with van der Waals surface area (Å²) in [5, 5.41) is 7.50. The average molecular weight is 445 g/mol. The number of para-hydroxylation sites is 1. The molecule has 0 atom stereocenters. The minimum Gasteiger partial charge on any atom is -0.356 e. The minimum absolute atomic E-state index is 0.0702. The second-order valence-corrected chi connectivity index (χ2v) is 8.39. The number of carbonyl (C=O) groups excluding carboxylic acids is 3. The van der Waals surface area contributed by atoms with Crippen LogP contribution < -0.4 is 5.32 Å². The molecule has 3 aromatic rings. The molecular formula is C26H28N4O3. The quantitative estimate of drug-likeness (QED) is 0.404. The van der Waals surface area contributed by atoms with Crippen molar-refractivity contribution < 1.29 is 14.4 Å². The highest BCUT2D eigenvalue weighted by atomic mass is 16.2. The molecule has 1 N–H and O–H groups in total. The van der Waals surface area contributed by atoms with Crippen molar-refractivity contribution in [1.82, 2.24) is 20.0 Å². The minimum atomic E-state index is -0.276. The van der Waals surface area contributed by atoms with Crippen LogP contribution in [0.15, 0.2) is 54.7 Å². The van der Waals surface area contributed by atoms with Gasteiger partial charge in [0, 0.05) is 25.7 Å². The molecule has 2 heterocycles. The van der Waals surface area contributed by atoms with E-state index in [1.54, 1.807) is 12.1 Å². The fourth-order valence-corrected chi connectivity index (χ4v) is 4.05. The number of rotatable bonds is 9. The van der Waals surface area contributed by atoms with E-state index in [0.29, 0.717) is 24.1 Å². The molecule has 3 amide bonds. The largest absolute Gasteiger partial charge is 0.356 e. The third kappa shape index (κ3) is 5.03. The number of aryl methyl sites for hydroxylation is 3. The van der Waals surface area contributed by atoms with Gasteiger partial charge in [-0.1, -0.05) is 29.8 Å². The first kappa shape index (κ1) is 22.5. The number of hydrogen-bond donors (Lipinski definition) is 1. The Morgan fingerprint density at radius 2 is 1.73 bits per heavy atom. The zero-order valence-electron chi connectivity index (χ0n) is 19.0. The molecule has 0 aliphatic carbocycles. The zero-order valence-corrected chi connectivity index (χ0v) is 19.0. The first-order valence-corrected chi connectivity index (χ1v) is 11.3. The van der Waals surface area contributed by atoms with Crippen molar-refractivity contribution in [2.45, 2.75) is 39.5 Å². The van der Waals surface area contributed by atoms with Gasteiger partial charge in [-0.25, -0.2) is 4.68 Å². The molecule has 7 nitrogen and oxygen atoms in total. The van der Waals surface area contributed by atoms with Gasteiger partial charge >= 0.3 is 0 Å². The number of imide groups is 1. The van der Waals surface area contributed by atoms with Crippen molar-refractivity contribution in [1.29, 1.82) is 0 Å². The monoisotopic (exact) mass is 444 g/mol. The summed E-state index contributed by atoms with van der Waals surface area (Å²) < 4.78 is 1.88. The molecule has 0 radical (unpaired) electrons. The number of fused-ring (bicyclic) bond motifs is 1. The van der Waals surface area contributed by atoms with Crippen molar-refractivity contribution >= 4 is 17.7 Å². The van der Waals surface area contributed by atoms with Crippen LogP contribution in [0.4, 0.5) is 0 Å². The van der Waals surface area contributed by atoms with Crippen LogP contribution in [0.5, 0.6) is 0 Å². The maximum absolute atomic E-state index is 12.5. The van der Waals surface area contributed by atoms with Crippen molar-refractivity contribution in [3.05, 3.63) is 82.7 Å². The lowest BCUT2D eigenvalue weighted by Crippen LogP contribution is -2.32. The summed E-state index contributed by atoms with van der Waals surface area (Å²) in [5.41, 5.74) is 5.01. The van der Waals surface area contributed by atoms with Crippen LogP contribution in [0.3, 0.4) is 0 Å². The summed E-state index contributed by atoms with van der Waals surface area (Å²) in [4.78, 5) is 38.4. The number of hydrogen-bond acceptors (Lipinski definition) is 4. The first-order chi connectivity index (χ1) is 15.9. The predicted molar refractivity (Wildman–Crippen MR) is 125 cm³/mol. The van der Waals surface area contributed by atoms with Gasteiger partial charge in [0.2, 0.25) is 5.91 Å². The maximum Gasteiger partial charge on any atom is 0.261 e. The van der Waals surface area contributed by atoms with Crippen LogP contribution in [-0.2, 0) is 11.2 Å².